The second-order valence-electron chi connectivity index (χ2n) is 5.75. The number of amides is 2. The average molecular weight is 371 g/mol. The van der Waals surface area contributed by atoms with Crippen molar-refractivity contribution in [1.82, 2.24) is 4.90 Å². The van der Waals surface area contributed by atoms with E-state index < -0.39 is 29.5 Å². The first-order valence-electron chi connectivity index (χ1n) is 7.40. The van der Waals surface area contributed by atoms with Crippen LogP contribution in [0.1, 0.15) is 24.1 Å². The van der Waals surface area contributed by atoms with Gasteiger partial charge in [-0.3, -0.25) is 4.90 Å². The number of alkyl halides is 3. The molecule has 2 aromatic rings. The molecular formula is C17H14ClF3N2O2. The fourth-order valence-corrected chi connectivity index (χ4v) is 3.16. The quantitative estimate of drug-likeness (QED) is 0.808. The predicted octanol–water partition coefficient (Wildman–Crippen LogP) is 4.66. The van der Waals surface area contributed by atoms with Crippen molar-refractivity contribution in [3.8, 4) is 0 Å². The summed E-state index contributed by atoms with van der Waals surface area (Å²) < 4.78 is 41.8. The van der Waals surface area contributed by atoms with E-state index in [-0.39, 0.29) is 10.7 Å². The van der Waals surface area contributed by atoms with Gasteiger partial charge in [-0.15, -0.1) is 0 Å². The van der Waals surface area contributed by atoms with Gasteiger partial charge >= 0.3 is 12.2 Å². The van der Waals surface area contributed by atoms with Crippen LogP contribution in [0.15, 0.2) is 48.5 Å². The Labute approximate surface area is 146 Å². The monoisotopic (exact) mass is 370 g/mol. The highest BCUT2D eigenvalue weighted by molar-refractivity contribution is 6.30. The second-order valence-corrected chi connectivity index (χ2v) is 6.18. The molecule has 0 bridgehead atoms. The zero-order valence-electron chi connectivity index (χ0n) is 13.0. The van der Waals surface area contributed by atoms with Gasteiger partial charge < -0.3 is 10.4 Å². The molecule has 1 aliphatic rings. The number of benzene rings is 2. The van der Waals surface area contributed by atoms with Gasteiger partial charge in [0.2, 0.25) is 0 Å². The number of hydrogen-bond acceptors (Lipinski definition) is 2. The summed E-state index contributed by atoms with van der Waals surface area (Å²) in [5.74, 6) is 0. The van der Waals surface area contributed by atoms with Crippen LogP contribution >= 0.6 is 11.6 Å². The van der Waals surface area contributed by atoms with Crippen LogP contribution in [0, 0.1) is 0 Å². The van der Waals surface area contributed by atoms with Gasteiger partial charge in [0.15, 0.2) is 0 Å². The number of hydrogen-bond donors (Lipinski definition) is 2. The van der Waals surface area contributed by atoms with Crippen LogP contribution in [0.5, 0.6) is 0 Å². The zero-order valence-corrected chi connectivity index (χ0v) is 13.8. The van der Waals surface area contributed by atoms with E-state index in [1.165, 1.54) is 19.1 Å². The molecule has 0 aliphatic carbocycles. The smallest absolute Gasteiger partial charge is 0.360 e. The Balaban J connectivity index is 2.22. The minimum Gasteiger partial charge on any atom is -0.360 e. The van der Waals surface area contributed by atoms with Gasteiger partial charge in [-0.25, -0.2) is 4.79 Å². The van der Waals surface area contributed by atoms with Crippen LogP contribution in [0.4, 0.5) is 23.7 Å². The van der Waals surface area contributed by atoms with Gasteiger partial charge in [0.1, 0.15) is 0 Å². The Morgan fingerprint density at radius 1 is 1.20 bits per heavy atom. The van der Waals surface area contributed by atoms with Crippen molar-refractivity contribution in [3.05, 3.63) is 64.7 Å². The van der Waals surface area contributed by atoms with E-state index in [2.05, 4.69) is 5.32 Å². The highest BCUT2D eigenvalue weighted by atomic mass is 35.5. The van der Waals surface area contributed by atoms with Crippen LogP contribution in [-0.4, -0.2) is 22.2 Å². The zero-order chi connectivity index (χ0) is 18.4. The highest BCUT2D eigenvalue weighted by Crippen LogP contribution is 2.50. The van der Waals surface area contributed by atoms with E-state index in [9.17, 15) is 23.1 Å². The van der Waals surface area contributed by atoms with Crippen molar-refractivity contribution < 1.29 is 23.1 Å². The third kappa shape index (κ3) is 2.73. The van der Waals surface area contributed by atoms with Gasteiger partial charge in [-0.1, -0.05) is 41.9 Å². The van der Waals surface area contributed by atoms with Gasteiger partial charge in [-0.05, 0) is 30.7 Å². The lowest BCUT2D eigenvalue weighted by atomic mass is 9.93. The number of halogens is 4. The maximum Gasteiger partial charge on any atom is 0.441 e. The predicted molar refractivity (Wildman–Crippen MR) is 87.1 cm³/mol. The number of aliphatic hydroxyl groups is 1. The molecule has 0 radical (unpaired) electrons. The molecule has 0 saturated heterocycles. The van der Waals surface area contributed by atoms with E-state index in [4.69, 9.17) is 11.6 Å². The van der Waals surface area contributed by atoms with E-state index in [0.29, 0.717) is 10.5 Å². The molecule has 4 nitrogen and oxygen atoms in total. The molecule has 8 heteroatoms. The minimum absolute atomic E-state index is 0.0184. The molecule has 1 unspecified atom stereocenters. The first kappa shape index (κ1) is 17.6. The van der Waals surface area contributed by atoms with Gasteiger partial charge in [0.05, 0.1) is 11.7 Å². The molecule has 0 saturated carbocycles. The summed E-state index contributed by atoms with van der Waals surface area (Å²) in [6, 6.07) is 9.66. The largest absolute Gasteiger partial charge is 0.441 e. The summed E-state index contributed by atoms with van der Waals surface area (Å²) in [5, 5.41) is 13.1. The summed E-state index contributed by atoms with van der Waals surface area (Å²) in [6.07, 6.45) is -5.13. The molecule has 25 heavy (non-hydrogen) atoms. The Bertz CT molecular complexity index is 813. The maximum absolute atomic E-state index is 13.9. The molecule has 0 spiro atoms. The van der Waals surface area contributed by atoms with Gasteiger partial charge in [0, 0.05) is 10.6 Å². The summed E-state index contributed by atoms with van der Waals surface area (Å²) in [5.41, 5.74) is -3.71. The van der Waals surface area contributed by atoms with Crippen molar-refractivity contribution >= 4 is 23.3 Å². The van der Waals surface area contributed by atoms with E-state index in [1.54, 1.807) is 30.3 Å². The molecule has 2 amide bonds. The normalized spacial score (nSPS) is 21.5. The van der Waals surface area contributed by atoms with Crippen molar-refractivity contribution in [3.63, 3.8) is 0 Å². The van der Waals surface area contributed by atoms with E-state index >= 15 is 0 Å². The van der Waals surface area contributed by atoms with E-state index in [0.717, 1.165) is 6.07 Å². The first-order chi connectivity index (χ1) is 11.7. The number of nitrogens with zero attached hydrogens (tertiary/aromatic N) is 1. The van der Waals surface area contributed by atoms with Crippen LogP contribution in [0.3, 0.4) is 0 Å². The van der Waals surface area contributed by atoms with Gasteiger partial charge in [0.25, 0.3) is 5.72 Å². The molecule has 2 atom stereocenters. The Hall–Kier alpha value is -2.25. The summed E-state index contributed by atoms with van der Waals surface area (Å²) in [6.45, 7) is 1.42. The lowest BCUT2D eigenvalue weighted by molar-refractivity contribution is -0.319. The number of fused-ring (bicyclic) bond motifs is 1. The van der Waals surface area contributed by atoms with Crippen LogP contribution in [0.25, 0.3) is 0 Å². The number of rotatable bonds is 2. The minimum atomic E-state index is -5.13. The van der Waals surface area contributed by atoms with Crippen molar-refractivity contribution in [2.75, 3.05) is 5.32 Å². The molecule has 0 aromatic heterocycles. The van der Waals surface area contributed by atoms with Crippen LogP contribution in [0.2, 0.25) is 5.02 Å². The lowest BCUT2D eigenvalue weighted by Crippen LogP contribution is -2.62. The van der Waals surface area contributed by atoms with Crippen molar-refractivity contribution in [2.24, 2.45) is 0 Å². The van der Waals surface area contributed by atoms with Crippen LogP contribution in [-0.2, 0) is 5.72 Å². The Morgan fingerprint density at radius 3 is 2.44 bits per heavy atom. The molecule has 3 rings (SSSR count). The SMILES string of the molecule is C[C@H](c1ccccc1)N1C(=O)Nc2ccc(Cl)cc2C1(O)C(F)(F)F. The third-order valence-electron chi connectivity index (χ3n) is 4.23. The lowest BCUT2D eigenvalue weighted by Gasteiger charge is -2.47. The van der Waals surface area contributed by atoms with E-state index in [1.807, 2.05) is 0 Å². The number of anilines is 1. The van der Waals surface area contributed by atoms with Crippen molar-refractivity contribution in [2.45, 2.75) is 24.9 Å². The Morgan fingerprint density at radius 2 is 1.84 bits per heavy atom. The summed E-state index contributed by atoms with van der Waals surface area (Å²) in [4.78, 5) is 12.8. The number of carbonyl (C=O) groups is 1. The molecule has 2 aromatic carbocycles. The molecule has 2 N–H and O–H groups in total. The van der Waals surface area contributed by atoms with Gasteiger partial charge in [-0.2, -0.15) is 13.2 Å². The fraction of sp³-hybridized carbons (Fsp3) is 0.235. The Kier molecular flexibility index (Phi) is 4.17. The maximum atomic E-state index is 13.9. The standard InChI is InChI=1S/C17H14ClF3N2O2/c1-10(11-5-3-2-4-6-11)23-15(24)22-14-8-7-12(18)9-13(14)16(23,25)17(19,20)21/h2-10,25H,1H3,(H,22,24)/t10-,16?/m1/s1. The van der Waals surface area contributed by atoms with Crippen molar-refractivity contribution in [1.29, 1.82) is 0 Å². The molecular weight excluding hydrogens is 357 g/mol. The molecule has 1 aliphatic heterocycles. The number of urea groups is 1. The topological polar surface area (TPSA) is 52.6 Å². The third-order valence-corrected chi connectivity index (χ3v) is 4.47. The number of nitrogens with one attached hydrogen (secondary N) is 1. The molecule has 1 heterocycles. The summed E-state index contributed by atoms with van der Waals surface area (Å²) in [7, 11) is 0. The highest BCUT2D eigenvalue weighted by Gasteiger charge is 2.64. The van der Waals surface area contributed by atoms with Crippen LogP contribution < -0.4 is 5.32 Å². The average Bonchev–Trinajstić information content (AvgIpc) is 2.55. The molecule has 132 valence electrons. The second kappa shape index (κ2) is 5.93. The molecule has 0 fully saturated rings. The number of carbonyl (C=O) groups excluding carboxylic acids is 1. The fourth-order valence-electron chi connectivity index (χ4n) is 2.99. The summed E-state index contributed by atoms with van der Waals surface area (Å²) >= 11 is 5.83. The first-order valence-corrected chi connectivity index (χ1v) is 7.78.